The van der Waals surface area contributed by atoms with Crippen molar-refractivity contribution in [2.45, 2.75) is 38.0 Å². The summed E-state index contributed by atoms with van der Waals surface area (Å²) in [7, 11) is 1.23. The summed E-state index contributed by atoms with van der Waals surface area (Å²) in [4.78, 5) is 12.7. The molecule has 1 aliphatic rings. The van der Waals surface area contributed by atoms with Gasteiger partial charge in [-0.25, -0.2) is 0 Å². The fourth-order valence-electron chi connectivity index (χ4n) is 2.64. The standard InChI is InChI=1S/C12H16F3N3O2/c1-17-10(12(13,14)15)8(6-16-17)7-18-5-3-2-4-9(18)11(19)20/h6,9H,2-5,7H2,1H3,(H,19,20). The molecule has 0 aliphatic carbocycles. The lowest BCUT2D eigenvalue weighted by molar-refractivity contribution is -0.145. The number of hydrogen-bond acceptors (Lipinski definition) is 3. The number of carboxylic acids is 1. The van der Waals surface area contributed by atoms with Gasteiger partial charge in [-0.2, -0.15) is 18.3 Å². The maximum Gasteiger partial charge on any atom is 0.433 e. The summed E-state index contributed by atoms with van der Waals surface area (Å²) >= 11 is 0. The van der Waals surface area contributed by atoms with Crippen LogP contribution in [0.3, 0.4) is 0 Å². The third-order valence-electron chi connectivity index (χ3n) is 3.56. The van der Waals surface area contributed by atoms with Crippen molar-refractivity contribution >= 4 is 5.97 Å². The molecule has 1 N–H and O–H groups in total. The van der Waals surface area contributed by atoms with Gasteiger partial charge in [0.1, 0.15) is 11.7 Å². The van der Waals surface area contributed by atoms with Crippen LogP contribution in [-0.4, -0.2) is 38.3 Å². The summed E-state index contributed by atoms with van der Waals surface area (Å²) in [6.07, 6.45) is -1.28. The first-order chi connectivity index (χ1) is 9.30. The highest BCUT2D eigenvalue weighted by atomic mass is 19.4. The SMILES string of the molecule is Cn1ncc(CN2CCCCC2C(=O)O)c1C(F)(F)F. The number of rotatable bonds is 3. The highest BCUT2D eigenvalue weighted by Crippen LogP contribution is 2.32. The van der Waals surface area contributed by atoms with Gasteiger partial charge in [-0.1, -0.05) is 6.42 Å². The molecule has 2 rings (SSSR count). The zero-order valence-electron chi connectivity index (χ0n) is 11.0. The molecule has 0 aromatic carbocycles. The first-order valence-electron chi connectivity index (χ1n) is 6.35. The van der Waals surface area contributed by atoms with Crippen LogP contribution in [0.15, 0.2) is 6.20 Å². The van der Waals surface area contributed by atoms with E-state index in [0.717, 1.165) is 23.7 Å². The molecule has 20 heavy (non-hydrogen) atoms. The second kappa shape index (κ2) is 5.43. The molecule has 1 saturated heterocycles. The Balaban J connectivity index is 2.23. The van der Waals surface area contributed by atoms with E-state index < -0.39 is 23.9 Å². The number of likely N-dealkylation sites (tertiary alicyclic amines) is 1. The number of aliphatic carboxylic acids is 1. The Morgan fingerprint density at radius 3 is 2.80 bits per heavy atom. The average Bonchev–Trinajstić information content (AvgIpc) is 2.70. The number of alkyl halides is 3. The molecule has 8 heteroatoms. The number of piperidine rings is 1. The highest BCUT2D eigenvalue weighted by Gasteiger charge is 2.38. The second-order valence-corrected chi connectivity index (χ2v) is 4.96. The minimum absolute atomic E-state index is 0.0214. The summed E-state index contributed by atoms with van der Waals surface area (Å²) in [6.45, 7) is 0.447. The van der Waals surface area contributed by atoms with Crippen LogP contribution in [-0.2, 0) is 24.6 Å². The van der Waals surface area contributed by atoms with Crippen LogP contribution in [0.5, 0.6) is 0 Å². The van der Waals surface area contributed by atoms with Crippen molar-refractivity contribution in [3.63, 3.8) is 0 Å². The molecule has 1 atom stereocenters. The molecule has 5 nitrogen and oxygen atoms in total. The van der Waals surface area contributed by atoms with Crippen molar-refractivity contribution in [1.29, 1.82) is 0 Å². The molecule has 0 bridgehead atoms. The second-order valence-electron chi connectivity index (χ2n) is 4.96. The third kappa shape index (κ3) is 2.95. The van der Waals surface area contributed by atoms with Crippen LogP contribution in [0.2, 0.25) is 0 Å². The average molecular weight is 291 g/mol. The van der Waals surface area contributed by atoms with E-state index in [0.29, 0.717) is 13.0 Å². The van der Waals surface area contributed by atoms with Gasteiger partial charge in [0.25, 0.3) is 0 Å². The van der Waals surface area contributed by atoms with Crippen molar-refractivity contribution in [1.82, 2.24) is 14.7 Å². The quantitative estimate of drug-likeness (QED) is 0.923. The normalized spacial score (nSPS) is 21.1. The number of hydrogen-bond donors (Lipinski definition) is 1. The van der Waals surface area contributed by atoms with E-state index in [1.165, 1.54) is 7.05 Å². The minimum atomic E-state index is -4.49. The topological polar surface area (TPSA) is 58.4 Å². The smallest absolute Gasteiger partial charge is 0.433 e. The van der Waals surface area contributed by atoms with Crippen LogP contribution >= 0.6 is 0 Å². The number of carboxylic acid groups (broad SMARTS) is 1. The molecule has 2 heterocycles. The maximum atomic E-state index is 13.0. The number of nitrogens with zero attached hydrogens (tertiary/aromatic N) is 3. The zero-order chi connectivity index (χ0) is 14.9. The number of carbonyl (C=O) groups is 1. The minimum Gasteiger partial charge on any atom is -0.480 e. The molecule has 1 unspecified atom stereocenters. The van der Waals surface area contributed by atoms with E-state index >= 15 is 0 Å². The van der Waals surface area contributed by atoms with Gasteiger partial charge >= 0.3 is 12.1 Å². The summed E-state index contributed by atoms with van der Waals surface area (Å²) in [5, 5.41) is 12.8. The molecule has 1 aromatic heterocycles. The molecular weight excluding hydrogens is 275 g/mol. The molecule has 0 amide bonds. The molecule has 0 saturated carbocycles. The Bertz CT molecular complexity index is 499. The lowest BCUT2D eigenvalue weighted by atomic mass is 10.0. The van der Waals surface area contributed by atoms with E-state index in [1.807, 2.05) is 0 Å². The zero-order valence-corrected chi connectivity index (χ0v) is 11.0. The van der Waals surface area contributed by atoms with Gasteiger partial charge in [-0.3, -0.25) is 14.4 Å². The largest absolute Gasteiger partial charge is 0.480 e. The monoisotopic (exact) mass is 291 g/mol. The molecule has 112 valence electrons. The Hall–Kier alpha value is -1.57. The van der Waals surface area contributed by atoms with Crippen LogP contribution in [0.4, 0.5) is 13.2 Å². The van der Waals surface area contributed by atoms with Gasteiger partial charge in [-0.05, 0) is 19.4 Å². The molecule has 1 fully saturated rings. The van der Waals surface area contributed by atoms with Crippen LogP contribution in [0, 0.1) is 0 Å². The first-order valence-corrected chi connectivity index (χ1v) is 6.35. The molecule has 1 aromatic rings. The predicted molar refractivity (Wildman–Crippen MR) is 63.9 cm³/mol. The Morgan fingerprint density at radius 1 is 1.50 bits per heavy atom. The van der Waals surface area contributed by atoms with Crippen molar-refractivity contribution in [3.05, 3.63) is 17.5 Å². The van der Waals surface area contributed by atoms with Gasteiger partial charge < -0.3 is 5.11 Å². The van der Waals surface area contributed by atoms with E-state index in [2.05, 4.69) is 5.10 Å². The molecule has 0 radical (unpaired) electrons. The summed E-state index contributed by atoms with van der Waals surface area (Å²) in [5.74, 6) is -0.984. The van der Waals surface area contributed by atoms with Crippen LogP contribution in [0.25, 0.3) is 0 Å². The summed E-state index contributed by atoms with van der Waals surface area (Å²) < 4.78 is 39.7. The Kier molecular flexibility index (Phi) is 4.03. The van der Waals surface area contributed by atoms with Crippen molar-refractivity contribution < 1.29 is 23.1 Å². The predicted octanol–water partition coefficient (Wildman–Crippen LogP) is 1.88. The fraction of sp³-hybridized carbons (Fsp3) is 0.667. The van der Waals surface area contributed by atoms with Crippen molar-refractivity contribution in [2.24, 2.45) is 7.05 Å². The maximum absolute atomic E-state index is 13.0. The molecule has 0 spiro atoms. The number of aromatic nitrogens is 2. The Morgan fingerprint density at radius 2 is 2.20 bits per heavy atom. The van der Waals surface area contributed by atoms with Gasteiger partial charge in [0, 0.05) is 19.2 Å². The van der Waals surface area contributed by atoms with Crippen LogP contribution in [0.1, 0.15) is 30.5 Å². The Labute approximate surface area is 114 Å². The van der Waals surface area contributed by atoms with E-state index in [4.69, 9.17) is 5.11 Å². The third-order valence-corrected chi connectivity index (χ3v) is 3.56. The van der Waals surface area contributed by atoms with Crippen molar-refractivity contribution in [2.75, 3.05) is 6.54 Å². The first kappa shape index (κ1) is 14.8. The lowest BCUT2D eigenvalue weighted by Gasteiger charge is -2.32. The number of halogens is 3. The highest BCUT2D eigenvalue weighted by molar-refractivity contribution is 5.73. The van der Waals surface area contributed by atoms with E-state index in [-0.39, 0.29) is 12.1 Å². The van der Waals surface area contributed by atoms with Crippen LogP contribution < -0.4 is 0 Å². The number of aryl methyl sites for hydroxylation is 1. The molecule has 1 aliphatic heterocycles. The van der Waals surface area contributed by atoms with Gasteiger partial charge in [-0.15, -0.1) is 0 Å². The van der Waals surface area contributed by atoms with Gasteiger partial charge in [0.05, 0.1) is 6.20 Å². The van der Waals surface area contributed by atoms with Crippen molar-refractivity contribution in [3.8, 4) is 0 Å². The lowest BCUT2D eigenvalue weighted by Crippen LogP contribution is -2.44. The van der Waals surface area contributed by atoms with E-state index in [9.17, 15) is 18.0 Å². The molecular formula is C12H16F3N3O2. The summed E-state index contributed by atoms with van der Waals surface area (Å²) in [6, 6.07) is -0.718. The van der Waals surface area contributed by atoms with E-state index in [1.54, 1.807) is 4.90 Å². The van der Waals surface area contributed by atoms with Gasteiger partial charge in [0.2, 0.25) is 0 Å². The summed E-state index contributed by atoms with van der Waals surface area (Å²) in [5.41, 5.74) is -0.791. The van der Waals surface area contributed by atoms with Gasteiger partial charge in [0.15, 0.2) is 0 Å². The fourth-order valence-corrected chi connectivity index (χ4v) is 2.64.